The summed E-state index contributed by atoms with van der Waals surface area (Å²) in [5, 5.41) is 0. The highest BCUT2D eigenvalue weighted by Crippen LogP contribution is 2.12. The Balaban J connectivity index is 2.09. The standard InChI is InChI=1S/C14H9FN2O/c15-11-6-4-10(5-7-11)14(18)12-9-16-13-3-1-2-8-17(12)13/h1-9H. The van der Waals surface area contributed by atoms with E-state index in [1.54, 1.807) is 10.6 Å². The predicted octanol–water partition coefficient (Wildman–Crippen LogP) is 2.70. The van der Waals surface area contributed by atoms with E-state index in [-0.39, 0.29) is 11.6 Å². The summed E-state index contributed by atoms with van der Waals surface area (Å²) in [6.07, 6.45) is 3.31. The van der Waals surface area contributed by atoms with Crippen molar-refractivity contribution in [3.8, 4) is 0 Å². The Hall–Kier alpha value is -2.49. The van der Waals surface area contributed by atoms with Crippen LogP contribution >= 0.6 is 0 Å². The van der Waals surface area contributed by atoms with Gasteiger partial charge in [-0.05, 0) is 36.4 Å². The Morgan fingerprint density at radius 1 is 1.11 bits per heavy atom. The Kier molecular flexibility index (Phi) is 2.41. The first-order chi connectivity index (χ1) is 8.75. The zero-order valence-corrected chi connectivity index (χ0v) is 9.38. The van der Waals surface area contributed by atoms with E-state index in [4.69, 9.17) is 0 Å². The molecule has 18 heavy (non-hydrogen) atoms. The van der Waals surface area contributed by atoms with E-state index in [2.05, 4.69) is 4.98 Å². The lowest BCUT2D eigenvalue weighted by molar-refractivity contribution is 0.103. The van der Waals surface area contributed by atoms with Gasteiger partial charge in [-0.1, -0.05) is 6.07 Å². The molecule has 3 rings (SSSR count). The van der Waals surface area contributed by atoms with Gasteiger partial charge in [0, 0.05) is 11.8 Å². The molecule has 0 bridgehead atoms. The maximum absolute atomic E-state index is 12.8. The van der Waals surface area contributed by atoms with Crippen molar-refractivity contribution in [3.63, 3.8) is 0 Å². The Morgan fingerprint density at radius 3 is 2.67 bits per heavy atom. The van der Waals surface area contributed by atoms with E-state index in [9.17, 15) is 9.18 Å². The van der Waals surface area contributed by atoms with Crippen LogP contribution in [-0.4, -0.2) is 15.2 Å². The van der Waals surface area contributed by atoms with Crippen LogP contribution in [0.1, 0.15) is 16.1 Å². The van der Waals surface area contributed by atoms with Gasteiger partial charge < -0.3 is 0 Å². The maximum atomic E-state index is 12.8. The van der Waals surface area contributed by atoms with E-state index >= 15 is 0 Å². The van der Waals surface area contributed by atoms with Crippen molar-refractivity contribution >= 4 is 11.4 Å². The molecule has 1 aromatic carbocycles. The molecule has 0 spiro atoms. The number of halogens is 1. The first-order valence-corrected chi connectivity index (χ1v) is 5.48. The summed E-state index contributed by atoms with van der Waals surface area (Å²) < 4.78 is 14.5. The largest absolute Gasteiger partial charge is 0.297 e. The van der Waals surface area contributed by atoms with Crippen LogP contribution in [0.4, 0.5) is 4.39 Å². The molecule has 0 saturated heterocycles. The number of rotatable bonds is 2. The summed E-state index contributed by atoms with van der Waals surface area (Å²) in [7, 11) is 0. The molecule has 0 N–H and O–H groups in total. The molecule has 4 heteroatoms. The van der Waals surface area contributed by atoms with Gasteiger partial charge >= 0.3 is 0 Å². The van der Waals surface area contributed by atoms with E-state index < -0.39 is 0 Å². The normalized spacial score (nSPS) is 10.7. The van der Waals surface area contributed by atoms with Crippen LogP contribution in [0.3, 0.4) is 0 Å². The molecule has 0 radical (unpaired) electrons. The number of aromatic nitrogens is 2. The second-order valence-corrected chi connectivity index (χ2v) is 3.91. The van der Waals surface area contributed by atoms with Gasteiger partial charge in [0.1, 0.15) is 17.2 Å². The van der Waals surface area contributed by atoms with Crippen molar-refractivity contribution in [1.29, 1.82) is 0 Å². The molecule has 0 atom stereocenters. The van der Waals surface area contributed by atoms with Gasteiger partial charge in [-0.3, -0.25) is 9.20 Å². The van der Waals surface area contributed by atoms with Gasteiger partial charge in [-0.15, -0.1) is 0 Å². The van der Waals surface area contributed by atoms with Crippen molar-refractivity contribution in [2.75, 3.05) is 0 Å². The van der Waals surface area contributed by atoms with E-state index in [0.29, 0.717) is 16.9 Å². The van der Waals surface area contributed by atoms with Crippen LogP contribution in [0.25, 0.3) is 5.65 Å². The molecule has 88 valence electrons. The molecule has 0 aliphatic heterocycles. The summed E-state index contributed by atoms with van der Waals surface area (Å²) in [4.78, 5) is 16.4. The molecule has 0 unspecified atom stereocenters. The van der Waals surface area contributed by atoms with Crippen molar-refractivity contribution in [2.45, 2.75) is 0 Å². The fourth-order valence-electron chi connectivity index (χ4n) is 1.85. The SMILES string of the molecule is O=C(c1ccc(F)cc1)c1cnc2ccccn12. The third-order valence-corrected chi connectivity index (χ3v) is 2.76. The highest BCUT2D eigenvalue weighted by molar-refractivity contribution is 6.08. The number of benzene rings is 1. The molecule has 3 nitrogen and oxygen atoms in total. The van der Waals surface area contributed by atoms with Crippen LogP contribution in [0.2, 0.25) is 0 Å². The number of carbonyl (C=O) groups excluding carboxylic acids is 1. The van der Waals surface area contributed by atoms with Gasteiger partial charge in [-0.25, -0.2) is 9.37 Å². The second-order valence-electron chi connectivity index (χ2n) is 3.91. The minimum atomic E-state index is -0.357. The third-order valence-electron chi connectivity index (χ3n) is 2.76. The second kappa shape index (κ2) is 4.07. The highest BCUT2D eigenvalue weighted by Gasteiger charge is 2.13. The summed E-state index contributed by atoms with van der Waals surface area (Å²) in [5.41, 5.74) is 1.63. The average molecular weight is 240 g/mol. The van der Waals surface area contributed by atoms with E-state index in [1.165, 1.54) is 30.5 Å². The van der Waals surface area contributed by atoms with Gasteiger partial charge in [0.15, 0.2) is 0 Å². The van der Waals surface area contributed by atoms with E-state index in [0.717, 1.165) is 0 Å². The monoisotopic (exact) mass is 240 g/mol. The number of hydrogen-bond acceptors (Lipinski definition) is 2. The molecule has 2 heterocycles. The fourth-order valence-corrected chi connectivity index (χ4v) is 1.85. The first-order valence-electron chi connectivity index (χ1n) is 5.48. The van der Waals surface area contributed by atoms with Crippen molar-refractivity contribution < 1.29 is 9.18 Å². The van der Waals surface area contributed by atoms with Crippen LogP contribution < -0.4 is 0 Å². The minimum absolute atomic E-state index is 0.172. The number of carbonyl (C=O) groups is 1. The Morgan fingerprint density at radius 2 is 1.89 bits per heavy atom. The van der Waals surface area contributed by atoms with Crippen LogP contribution in [0.5, 0.6) is 0 Å². The van der Waals surface area contributed by atoms with Crippen molar-refractivity contribution in [2.24, 2.45) is 0 Å². The van der Waals surface area contributed by atoms with Gasteiger partial charge in [0.25, 0.3) is 0 Å². The fraction of sp³-hybridized carbons (Fsp3) is 0. The molecule has 3 aromatic rings. The highest BCUT2D eigenvalue weighted by atomic mass is 19.1. The number of nitrogens with zero attached hydrogens (tertiary/aromatic N) is 2. The summed E-state index contributed by atoms with van der Waals surface area (Å²) in [6.45, 7) is 0. The molecule has 0 aliphatic rings. The third kappa shape index (κ3) is 1.68. The summed E-state index contributed by atoms with van der Waals surface area (Å²) in [5.74, 6) is -0.529. The first kappa shape index (κ1) is 10.7. The number of imidazole rings is 1. The Labute approximate surface area is 103 Å². The smallest absolute Gasteiger partial charge is 0.211 e. The van der Waals surface area contributed by atoms with E-state index in [1.807, 2.05) is 18.2 Å². The van der Waals surface area contributed by atoms with Gasteiger partial charge in [0.2, 0.25) is 5.78 Å². The minimum Gasteiger partial charge on any atom is -0.297 e. The number of fused-ring (bicyclic) bond motifs is 1. The number of pyridine rings is 1. The average Bonchev–Trinajstić information content (AvgIpc) is 2.82. The maximum Gasteiger partial charge on any atom is 0.211 e. The van der Waals surface area contributed by atoms with Crippen LogP contribution in [-0.2, 0) is 0 Å². The molecular weight excluding hydrogens is 231 g/mol. The zero-order chi connectivity index (χ0) is 12.5. The summed E-state index contributed by atoms with van der Waals surface area (Å²) in [6, 6.07) is 11.0. The Bertz CT molecular complexity index is 716. The van der Waals surface area contributed by atoms with Gasteiger partial charge in [-0.2, -0.15) is 0 Å². The molecule has 2 aromatic heterocycles. The molecule has 0 aliphatic carbocycles. The lowest BCUT2D eigenvalue weighted by Crippen LogP contribution is -2.04. The van der Waals surface area contributed by atoms with Crippen molar-refractivity contribution in [3.05, 3.63) is 71.9 Å². The van der Waals surface area contributed by atoms with Gasteiger partial charge in [0.05, 0.1) is 6.20 Å². The quantitative estimate of drug-likeness (QED) is 0.645. The lowest BCUT2D eigenvalue weighted by Gasteiger charge is -2.01. The van der Waals surface area contributed by atoms with Crippen LogP contribution in [0, 0.1) is 5.82 Å². The zero-order valence-electron chi connectivity index (χ0n) is 9.38. The lowest BCUT2D eigenvalue weighted by atomic mass is 10.1. The molecule has 0 fully saturated rings. The molecular formula is C14H9FN2O. The summed E-state index contributed by atoms with van der Waals surface area (Å²) >= 11 is 0. The van der Waals surface area contributed by atoms with Crippen molar-refractivity contribution in [1.82, 2.24) is 9.38 Å². The number of hydrogen-bond donors (Lipinski definition) is 0. The number of ketones is 1. The topological polar surface area (TPSA) is 34.4 Å². The van der Waals surface area contributed by atoms with Crippen LogP contribution in [0.15, 0.2) is 54.9 Å². The predicted molar refractivity (Wildman–Crippen MR) is 65.0 cm³/mol. The molecule has 0 amide bonds. The molecule has 0 saturated carbocycles.